The highest BCUT2D eigenvalue weighted by molar-refractivity contribution is 9.11. The maximum atomic E-state index is 12.4. The fraction of sp³-hybridized carbons (Fsp3) is 0.643. The largest absolute Gasteiger partial charge is 0.337 e. The summed E-state index contributed by atoms with van der Waals surface area (Å²) in [6.07, 6.45) is 0. The van der Waals surface area contributed by atoms with Crippen LogP contribution in [0.2, 0.25) is 0 Å². The van der Waals surface area contributed by atoms with Crippen LogP contribution < -0.4 is 5.32 Å². The Bertz CT molecular complexity index is 451. The van der Waals surface area contributed by atoms with Crippen molar-refractivity contribution >= 4 is 33.2 Å². The third-order valence-corrected chi connectivity index (χ3v) is 5.13. The average molecular weight is 360 g/mol. The van der Waals surface area contributed by atoms with Crippen molar-refractivity contribution in [1.29, 1.82) is 0 Å². The van der Waals surface area contributed by atoms with Crippen molar-refractivity contribution in [2.24, 2.45) is 0 Å². The van der Waals surface area contributed by atoms with Gasteiger partial charge in [0.05, 0.1) is 16.9 Å². The fourth-order valence-corrected chi connectivity index (χ4v) is 3.95. The molecular weight excluding hydrogens is 338 g/mol. The lowest BCUT2D eigenvalue weighted by molar-refractivity contribution is -0.133. The molecule has 0 aromatic carbocycles. The summed E-state index contributed by atoms with van der Waals surface area (Å²) in [6.45, 7) is 9.10. The average Bonchev–Trinajstić information content (AvgIpc) is 2.81. The van der Waals surface area contributed by atoms with Gasteiger partial charge in [0.15, 0.2) is 0 Å². The second kappa shape index (κ2) is 7.54. The van der Waals surface area contributed by atoms with Gasteiger partial charge in [0.1, 0.15) is 0 Å². The highest BCUT2D eigenvalue weighted by atomic mass is 79.9. The molecule has 0 bridgehead atoms. The first kappa shape index (κ1) is 15.9. The molecule has 0 aliphatic carbocycles. The number of carbonyl (C=O) groups is 1. The minimum absolute atomic E-state index is 0.228. The Morgan fingerprint density at radius 2 is 2.40 bits per heavy atom. The van der Waals surface area contributed by atoms with Crippen LogP contribution >= 0.6 is 27.3 Å². The number of hydrogen-bond donors (Lipinski definition) is 1. The van der Waals surface area contributed by atoms with Crippen molar-refractivity contribution in [2.45, 2.75) is 26.4 Å². The molecule has 2 heterocycles. The molecule has 1 fully saturated rings. The molecule has 1 aliphatic heterocycles. The fourth-order valence-electron chi connectivity index (χ4n) is 2.45. The number of nitrogens with one attached hydrogen (secondary N) is 1. The van der Waals surface area contributed by atoms with E-state index in [2.05, 4.69) is 39.1 Å². The Balaban J connectivity index is 1.88. The van der Waals surface area contributed by atoms with E-state index in [1.807, 2.05) is 17.9 Å². The topological polar surface area (TPSA) is 35.6 Å². The van der Waals surface area contributed by atoms with E-state index in [1.165, 1.54) is 4.88 Å². The number of nitrogens with zero attached hydrogens (tertiary/aromatic N) is 2. The van der Waals surface area contributed by atoms with E-state index in [0.717, 1.165) is 30.0 Å². The first-order chi connectivity index (χ1) is 9.58. The molecule has 1 aliphatic rings. The van der Waals surface area contributed by atoms with Crippen LogP contribution in [-0.2, 0) is 11.3 Å². The van der Waals surface area contributed by atoms with Crippen molar-refractivity contribution < 1.29 is 4.79 Å². The molecule has 0 saturated carbocycles. The summed E-state index contributed by atoms with van der Waals surface area (Å²) in [5.74, 6) is 0.228. The van der Waals surface area contributed by atoms with Gasteiger partial charge in [0, 0.05) is 37.1 Å². The lowest BCUT2D eigenvalue weighted by Crippen LogP contribution is -2.52. The van der Waals surface area contributed by atoms with Crippen LogP contribution in [0.15, 0.2) is 15.9 Å². The van der Waals surface area contributed by atoms with E-state index in [4.69, 9.17) is 0 Å². The van der Waals surface area contributed by atoms with Crippen LogP contribution in [0.25, 0.3) is 0 Å². The van der Waals surface area contributed by atoms with E-state index < -0.39 is 0 Å². The highest BCUT2D eigenvalue weighted by Gasteiger charge is 2.21. The zero-order valence-corrected chi connectivity index (χ0v) is 14.5. The zero-order chi connectivity index (χ0) is 14.5. The Morgan fingerprint density at radius 3 is 3.00 bits per heavy atom. The maximum absolute atomic E-state index is 12.4. The predicted molar refractivity (Wildman–Crippen MR) is 87.0 cm³/mol. The predicted octanol–water partition coefficient (Wildman–Crippen LogP) is 2.15. The Morgan fingerprint density at radius 1 is 1.60 bits per heavy atom. The van der Waals surface area contributed by atoms with Gasteiger partial charge in [0.25, 0.3) is 0 Å². The van der Waals surface area contributed by atoms with Crippen molar-refractivity contribution in [1.82, 2.24) is 15.1 Å². The van der Waals surface area contributed by atoms with Crippen molar-refractivity contribution in [2.75, 3.05) is 32.7 Å². The van der Waals surface area contributed by atoms with E-state index >= 15 is 0 Å². The third kappa shape index (κ3) is 4.55. The lowest BCUT2D eigenvalue weighted by Gasteiger charge is -2.32. The molecule has 1 saturated heterocycles. The van der Waals surface area contributed by atoms with Gasteiger partial charge in [-0.3, -0.25) is 9.69 Å². The van der Waals surface area contributed by atoms with Gasteiger partial charge in [-0.05, 0) is 41.9 Å². The quantitative estimate of drug-likeness (QED) is 0.874. The summed E-state index contributed by atoms with van der Waals surface area (Å²) in [6, 6.07) is 4.59. The number of halogens is 1. The number of hydrogen-bond acceptors (Lipinski definition) is 4. The molecule has 2 rings (SSSR count). The first-order valence-electron chi connectivity index (χ1n) is 7.06. The zero-order valence-electron chi connectivity index (χ0n) is 12.1. The van der Waals surface area contributed by atoms with Crippen LogP contribution in [0, 0.1) is 0 Å². The molecule has 1 aromatic heterocycles. The standard InChI is InChI=1S/C14H22BrN3OS/c1-3-18(9-12-4-5-13(15)20-12)14(19)10-17-7-6-16-11(2)8-17/h4-5,11,16H,3,6-10H2,1-2H3/t11-/m1/s1. The van der Waals surface area contributed by atoms with Crippen LogP contribution in [-0.4, -0.2) is 54.5 Å². The van der Waals surface area contributed by atoms with Crippen molar-refractivity contribution in [3.8, 4) is 0 Å². The number of likely N-dealkylation sites (N-methyl/N-ethyl adjacent to an activating group) is 1. The SMILES string of the molecule is CCN(Cc1ccc(Br)s1)C(=O)CN1CCN[C@H](C)C1. The molecule has 4 nitrogen and oxygen atoms in total. The van der Waals surface area contributed by atoms with E-state index in [9.17, 15) is 4.79 Å². The normalized spacial score (nSPS) is 20.1. The molecule has 0 radical (unpaired) electrons. The third-order valence-electron chi connectivity index (χ3n) is 3.52. The smallest absolute Gasteiger partial charge is 0.237 e. The van der Waals surface area contributed by atoms with Gasteiger partial charge in [0.2, 0.25) is 5.91 Å². The van der Waals surface area contributed by atoms with Gasteiger partial charge < -0.3 is 10.2 Å². The molecule has 6 heteroatoms. The van der Waals surface area contributed by atoms with E-state index in [-0.39, 0.29) is 5.91 Å². The van der Waals surface area contributed by atoms with Crippen molar-refractivity contribution in [3.63, 3.8) is 0 Å². The van der Waals surface area contributed by atoms with Gasteiger partial charge in [-0.1, -0.05) is 0 Å². The number of amides is 1. The summed E-state index contributed by atoms with van der Waals surface area (Å²) in [5.41, 5.74) is 0. The minimum Gasteiger partial charge on any atom is -0.337 e. The molecule has 1 atom stereocenters. The second-order valence-electron chi connectivity index (χ2n) is 5.20. The molecular formula is C14H22BrN3OS. The first-order valence-corrected chi connectivity index (χ1v) is 8.67. The van der Waals surface area contributed by atoms with Crippen LogP contribution in [0.3, 0.4) is 0 Å². The molecule has 0 spiro atoms. The van der Waals surface area contributed by atoms with Gasteiger partial charge >= 0.3 is 0 Å². The van der Waals surface area contributed by atoms with Crippen LogP contribution in [0.4, 0.5) is 0 Å². The maximum Gasteiger partial charge on any atom is 0.237 e. The summed E-state index contributed by atoms with van der Waals surface area (Å²) in [7, 11) is 0. The van der Waals surface area contributed by atoms with Gasteiger partial charge in [-0.25, -0.2) is 0 Å². The molecule has 1 amide bonds. The molecule has 112 valence electrons. The van der Waals surface area contributed by atoms with Crippen LogP contribution in [0.5, 0.6) is 0 Å². The molecule has 1 aromatic rings. The lowest BCUT2D eigenvalue weighted by atomic mass is 10.2. The number of rotatable bonds is 5. The Kier molecular flexibility index (Phi) is 6.01. The summed E-state index contributed by atoms with van der Waals surface area (Å²) in [4.78, 5) is 17.8. The van der Waals surface area contributed by atoms with E-state index in [1.54, 1.807) is 11.3 Å². The highest BCUT2D eigenvalue weighted by Crippen LogP contribution is 2.23. The van der Waals surface area contributed by atoms with Gasteiger partial charge in [-0.2, -0.15) is 0 Å². The molecule has 0 unspecified atom stereocenters. The summed E-state index contributed by atoms with van der Waals surface area (Å²) < 4.78 is 1.12. The van der Waals surface area contributed by atoms with Crippen molar-refractivity contribution in [3.05, 3.63) is 20.8 Å². The minimum atomic E-state index is 0.228. The van der Waals surface area contributed by atoms with Gasteiger partial charge in [-0.15, -0.1) is 11.3 Å². The number of piperazine rings is 1. The Hall–Kier alpha value is -0.430. The number of thiophene rings is 1. The Labute approximate surface area is 133 Å². The summed E-state index contributed by atoms with van der Waals surface area (Å²) >= 11 is 5.16. The number of carbonyl (C=O) groups excluding carboxylic acids is 1. The summed E-state index contributed by atoms with van der Waals surface area (Å²) in [5, 5.41) is 3.40. The van der Waals surface area contributed by atoms with Crippen LogP contribution in [0.1, 0.15) is 18.7 Å². The molecule has 20 heavy (non-hydrogen) atoms. The van der Waals surface area contributed by atoms with E-state index in [0.29, 0.717) is 19.1 Å². The molecule has 1 N–H and O–H groups in total. The monoisotopic (exact) mass is 359 g/mol. The second-order valence-corrected chi connectivity index (χ2v) is 7.75.